The number of aliphatic hydroxyl groups excluding tert-OH is 1. The Kier molecular flexibility index (Phi) is 3.99. The average Bonchev–Trinajstić information content (AvgIpc) is 2.85. The molecule has 3 rings (SSSR count). The van der Waals surface area contributed by atoms with Gasteiger partial charge in [0.05, 0.1) is 17.8 Å². The molecular formula is C17H19N3O. The highest BCUT2D eigenvalue weighted by atomic mass is 16.3. The van der Waals surface area contributed by atoms with Crippen molar-refractivity contribution in [3.05, 3.63) is 65.4 Å². The Morgan fingerprint density at radius 1 is 1.00 bits per heavy atom. The SMILES string of the molecule is Cn1nc(CNCc2ccc(CO)cc2)c2ccccc21. The summed E-state index contributed by atoms with van der Waals surface area (Å²) >= 11 is 0. The number of fused-ring (bicyclic) bond motifs is 1. The van der Waals surface area contributed by atoms with Crippen LogP contribution in [-0.2, 0) is 26.7 Å². The molecule has 0 radical (unpaired) electrons. The first-order chi connectivity index (χ1) is 10.3. The van der Waals surface area contributed by atoms with Crippen molar-refractivity contribution in [2.75, 3.05) is 0 Å². The number of aryl methyl sites for hydroxylation is 1. The summed E-state index contributed by atoms with van der Waals surface area (Å²) in [6, 6.07) is 16.2. The number of nitrogens with one attached hydrogen (secondary N) is 1. The zero-order valence-corrected chi connectivity index (χ0v) is 12.1. The van der Waals surface area contributed by atoms with Crippen molar-refractivity contribution in [2.45, 2.75) is 19.7 Å². The molecule has 1 aromatic heterocycles. The topological polar surface area (TPSA) is 50.1 Å². The number of hydrogen-bond acceptors (Lipinski definition) is 3. The fourth-order valence-corrected chi connectivity index (χ4v) is 2.51. The number of benzene rings is 2. The first kappa shape index (κ1) is 13.8. The Bertz CT molecular complexity index is 731. The van der Waals surface area contributed by atoms with Crippen LogP contribution in [0.15, 0.2) is 48.5 Å². The molecule has 0 saturated carbocycles. The smallest absolute Gasteiger partial charge is 0.0841 e. The largest absolute Gasteiger partial charge is 0.392 e. The number of para-hydroxylation sites is 1. The van der Waals surface area contributed by atoms with E-state index in [9.17, 15) is 0 Å². The van der Waals surface area contributed by atoms with E-state index < -0.39 is 0 Å². The molecule has 0 spiro atoms. The first-order valence-corrected chi connectivity index (χ1v) is 7.08. The second-order valence-electron chi connectivity index (χ2n) is 5.17. The molecule has 0 bridgehead atoms. The van der Waals surface area contributed by atoms with E-state index in [4.69, 9.17) is 5.11 Å². The van der Waals surface area contributed by atoms with Gasteiger partial charge in [0.1, 0.15) is 0 Å². The summed E-state index contributed by atoms with van der Waals surface area (Å²) in [6.07, 6.45) is 0. The fraction of sp³-hybridized carbons (Fsp3) is 0.235. The third-order valence-corrected chi connectivity index (χ3v) is 3.66. The molecule has 108 valence electrons. The predicted octanol–water partition coefficient (Wildman–Crippen LogP) is 2.36. The lowest BCUT2D eigenvalue weighted by Crippen LogP contribution is -2.13. The summed E-state index contributed by atoms with van der Waals surface area (Å²) in [6.45, 7) is 1.62. The highest BCUT2D eigenvalue weighted by Gasteiger charge is 2.06. The van der Waals surface area contributed by atoms with Crippen molar-refractivity contribution in [1.82, 2.24) is 15.1 Å². The van der Waals surface area contributed by atoms with E-state index in [1.807, 2.05) is 48.1 Å². The second-order valence-corrected chi connectivity index (χ2v) is 5.17. The Morgan fingerprint density at radius 3 is 2.48 bits per heavy atom. The summed E-state index contributed by atoms with van der Waals surface area (Å²) in [5.41, 5.74) is 4.36. The van der Waals surface area contributed by atoms with E-state index in [2.05, 4.69) is 22.5 Å². The lowest BCUT2D eigenvalue weighted by atomic mass is 10.1. The standard InChI is InChI=1S/C17H19N3O/c1-20-17-5-3-2-4-15(17)16(19-20)11-18-10-13-6-8-14(12-21)9-7-13/h2-9,18,21H,10-12H2,1H3. The summed E-state index contributed by atoms with van der Waals surface area (Å²) in [7, 11) is 1.97. The highest BCUT2D eigenvalue weighted by molar-refractivity contribution is 5.81. The van der Waals surface area contributed by atoms with Crippen molar-refractivity contribution in [2.24, 2.45) is 7.05 Å². The van der Waals surface area contributed by atoms with E-state index in [1.54, 1.807) is 0 Å². The van der Waals surface area contributed by atoms with Gasteiger partial charge in [-0.2, -0.15) is 5.10 Å². The maximum absolute atomic E-state index is 9.03. The van der Waals surface area contributed by atoms with E-state index >= 15 is 0 Å². The average molecular weight is 281 g/mol. The van der Waals surface area contributed by atoms with Gasteiger partial charge in [0.15, 0.2) is 0 Å². The summed E-state index contributed by atoms with van der Waals surface area (Å²) in [5, 5.41) is 18.2. The predicted molar refractivity (Wildman–Crippen MR) is 83.6 cm³/mol. The molecule has 0 unspecified atom stereocenters. The number of nitrogens with zero attached hydrogens (tertiary/aromatic N) is 2. The molecular weight excluding hydrogens is 262 g/mol. The molecule has 0 atom stereocenters. The van der Waals surface area contributed by atoms with Crippen LogP contribution in [0.3, 0.4) is 0 Å². The van der Waals surface area contributed by atoms with Gasteiger partial charge in [0, 0.05) is 25.5 Å². The number of aliphatic hydroxyl groups is 1. The van der Waals surface area contributed by atoms with Crippen LogP contribution in [0.2, 0.25) is 0 Å². The van der Waals surface area contributed by atoms with Gasteiger partial charge in [-0.25, -0.2) is 0 Å². The van der Waals surface area contributed by atoms with Crippen LogP contribution in [0.5, 0.6) is 0 Å². The summed E-state index contributed by atoms with van der Waals surface area (Å²) < 4.78 is 1.92. The van der Waals surface area contributed by atoms with Crippen LogP contribution in [0.25, 0.3) is 10.9 Å². The van der Waals surface area contributed by atoms with Crippen LogP contribution >= 0.6 is 0 Å². The van der Waals surface area contributed by atoms with Gasteiger partial charge < -0.3 is 10.4 Å². The molecule has 0 fully saturated rings. The second kappa shape index (κ2) is 6.08. The molecule has 4 nitrogen and oxygen atoms in total. The molecule has 4 heteroatoms. The van der Waals surface area contributed by atoms with Crippen LogP contribution < -0.4 is 5.32 Å². The molecule has 2 aromatic carbocycles. The molecule has 0 aliphatic heterocycles. The lowest BCUT2D eigenvalue weighted by Gasteiger charge is -2.04. The van der Waals surface area contributed by atoms with Gasteiger partial charge in [-0.15, -0.1) is 0 Å². The minimum atomic E-state index is 0.0909. The van der Waals surface area contributed by atoms with E-state index in [0.717, 1.165) is 29.9 Å². The third-order valence-electron chi connectivity index (χ3n) is 3.66. The molecule has 0 saturated heterocycles. The highest BCUT2D eigenvalue weighted by Crippen LogP contribution is 2.17. The number of hydrogen-bond donors (Lipinski definition) is 2. The van der Waals surface area contributed by atoms with Crippen molar-refractivity contribution in [1.29, 1.82) is 0 Å². The minimum Gasteiger partial charge on any atom is -0.392 e. The zero-order chi connectivity index (χ0) is 14.7. The molecule has 21 heavy (non-hydrogen) atoms. The molecule has 1 heterocycles. The number of aromatic nitrogens is 2. The molecule has 3 aromatic rings. The van der Waals surface area contributed by atoms with E-state index in [0.29, 0.717) is 0 Å². The van der Waals surface area contributed by atoms with E-state index in [1.165, 1.54) is 10.9 Å². The van der Waals surface area contributed by atoms with Crippen LogP contribution in [0.1, 0.15) is 16.8 Å². The van der Waals surface area contributed by atoms with Gasteiger partial charge in [-0.1, -0.05) is 42.5 Å². The quantitative estimate of drug-likeness (QED) is 0.755. The maximum Gasteiger partial charge on any atom is 0.0841 e. The molecule has 0 aliphatic rings. The van der Waals surface area contributed by atoms with Crippen LogP contribution in [-0.4, -0.2) is 14.9 Å². The Hall–Kier alpha value is -2.17. The van der Waals surface area contributed by atoms with Crippen LogP contribution in [0.4, 0.5) is 0 Å². The van der Waals surface area contributed by atoms with Gasteiger partial charge in [0.2, 0.25) is 0 Å². The van der Waals surface area contributed by atoms with Crippen LogP contribution in [0, 0.1) is 0 Å². The van der Waals surface area contributed by atoms with Crippen molar-refractivity contribution in [3.8, 4) is 0 Å². The van der Waals surface area contributed by atoms with Crippen molar-refractivity contribution in [3.63, 3.8) is 0 Å². The zero-order valence-electron chi connectivity index (χ0n) is 12.1. The lowest BCUT2D eigenvalue weighted by molar-refractivity contribution is 0.282. The molecule has 0 aliphatic carbocycles. The first-order valence-electron chi connectivity index (χ1n) is 7.08. The Labute approximate surface area is 124 Å². The minimum absolute atomic E-state index is 0.0909. The maximum atomic E-state index is 9.03. The molecule has 2 N–H and O–H groups in total. The summed E-state index contributed by atoms with van der Waals surface area (Å²) in [5.74, 6) is 0. The Morgan fingerprint density at radius 2 is 1.71 bits per heavy atom. The Balaban J connectivity index is 1.66. The summed E-state index contributed by atoms with van der Waals surface area (Å²) in [4.78, 5) is 0. The van der Waals surface area contributed by atoms with Crippen molar-refractivity contribution < 1.29 is 5.11 Å². The van der Waals surface area contributed by atoms with Gasteiger partial charge in [-0.05, 0) is 17.2 Å². The van der Waals surface area contributed by atoms with E-state index in [-0.39, 0.29) is 6.61 Å². The van der Waals surface area contributed by atoms with Gasteiger partial charge >= 0.3 is 0 Å². The fourth-order valence-electron chi connectivity index (χ4n) is 2.51. The van der Waals surface area contributed by atoms with Gasteiger partial charge in [-0.3, -0.25) is 4.68 Å². The third kappa shape index (κ3) is 2.96. The van der Waals surface area contributed by atoms with Gasteiger partial charge in [0.25, 0.3) is 0 Å². The van der Waals surface area contributed by atoms with Crippen molar-refractivity contribution >= 4 is 10.9 Å². The number of rotatable bonds is 5. The monoisotopic (exact) mass is 281 g/mol. The molecule has 0 amide bonds. The normalized spacial score (nSPS) is 11.1.